The summed E-state index contributed by atoms with van der Waals surface area (Å²) in [6, 6.07) is 7.70. The summed E-state index contributed by atoms with van der Waals surface area (Å²) in [5, 5.41) is 9.87. The molecule has 1 aromatic heterocycles. The standard InChI is InChI=1S/C31H36N4O6S2/c1-6-34-27(33-13-11-21(12-14-33)30(38)41-7-2)22(19(3)23(18-32)28(34)36)17-26-29(37)35(31(42)43-26)15-10-20-8-9-24(39-4)25(16-20)40-5/h8-9,16-17,21H,6-7,10-15H2,1-5H3/b26-17+. The fourth-order valence-electron chi connectivity index (χ4n) is 5.47. The number of ether oxygens (including phenoxy) is 3. The van der Waals surface area contributed by atoms with E-state index in [4.69, 9.17) is 26.4 Å². The van der Waals surface area contributed by atoms with Gasteiger partial charge in [0.2, 0.25) is 0 Å². The van der Waals surface area contributed by atoms with E-state index < -0.39 is 0 Å². The Bertz CT molecular complexity index is 1550. The summed E-state index contributed by atoms with van der Waals surface area (Å²) in [6.07, 6.45) is 3.46. The molecular formula is C31H36N4O6S2. The van der Waals surface area contributed by atoms with Gasteiger partial charge in [0.25, 0.3) is 11.5 Å². The molecule has 0 bridgehead atoms. The van der Waals surface area contributed by atoms with Crippen molar-refractivity contribution in [3.8, 4) is 17.6 Å². The van der Waals surface area contributed by atoms with Crippen molar-refractivity contribution >= 4 is 52.1 Å². The van der Waals surface area contributed by atoms with E-state index in [1.54, 1.807) is 43.6 Å². The maximum absolute atomic E-state index is 13.6. The van der Waals surface area contributed by atoms with E-state index >= 15 is 0 Å². The van der Waals surface area contributed by atoms with Crippen LogP contribution in [0.15, 0.2) is 27.9 Å². The zero-order valence-corrected chi connectivity index (χ0v) is 26.7. The Kier molecular flexibility index (Phi) is 10.5. The van der Waals surface area contributed by atoms with Crippen LogP contribution < -0.4 is 19.9 Å². The third-order valence-corrected chi connectivity index (χ3v) is 9.18. The number of hydrogen-bond acceptors (Lipinski definition) is 10. The Morgan fingerprint density at radius 3 is 2.47 bits per heavy atom. The number of benzene rings is 1. The highest BCUT2D eigenvalue weighted by Crippen LogP contribution is 2.37. The Morgan fingerprint density at radius 1 is 1.16 bits per heavy atom. The number of pyridine rings is 1. The van der Waals surface area contributed by atoms with Gasteiger partial charge in [0.1, 0.15) is 21.8 Å². The molecule has 1 aromatic carbocycles. The van der Waals surface area contributed by atoms with E-state index in [1.165, 1.54) is 11.8 Å². The number of thioether (sulfide) groups is 1. The van der Waals surface area contributed by atoms with Crippen LogP contribution in [0, 0.1) is 24.2 Å². The number of carbonyl (C=O) groups excluding carboxylic acids is 2. The summed E-state index contributed by atoms with van der Waals surface area (Å²) < 4.78 is 18.0. The molecule has 43 heavy (non-hydrogen) atoms. The average Bonchev–Trinajstić information content (AvgIpc) is 3.28. The van der Waals surface area contributed by atoms with E-state index in [0.29, 0.717) is 89.7 Å². The lowest BCUT2D eigenvalue weighted by Gasteiger charge is -2.35. The Morgan fingerprint density at radius 2 is 1.86 bits per heavy atom. The first-order valence-corrected chi connectivity index (χ1v) is 15.5. The first-order valence-electron chi connectivity index (χ1n) is 14.2. The van der Waals surface area contributed by atoms with E-state index in [9.17, 15) is 19.6 Å². The number of methoxy groups -OCH3 is 2. The second-order valence-corrected chi connectivity index (χ2v) is 11.9. The summed E-state index contributed by atoms with van der Waals surface area (Å²) in [4.78, 5) is 43.4. The molecule has 228 valence electrons. The van der Waals surface area contributed by atoms with Crippen molar-refractivity contribution in [1.29, 1.82) is 5.26 Å². The number of aromatic nitrogens is 1. The van der Waals surface area contributed by atoms with Crippen LogP contribution in [-0.4, -0.2) is 66.1 Å². The van der Waals surface area contributed by atoms with Crippen molar-refractivity contribution in [3.05, 3.63) is 55.7 Å². The van der Waals surface area contributed by atoms with Gasteiger partial charge in [0.05, 0.1) is 31.6 Å². The number of piperidine rings is 1. The second-order valence-electron chi connectivity index (χ2n) is 10.2. The number of anilines is 1. The molecule has 2 saturated heterocycles. The SMILES string of the molecule is CCOC(=O)C1CCN(c2c(/C=C3/SC(=S)N(CCc4ccc(OC)c(OC)c4)C3=O)c(C)c(C#N)c(=O)n2CC)CC1. The number of esters is 1. The molecule has 0 radical (unpaired) electrons. The van der Waals surface area contributed by atoms with Crippen LogP contribution in [0.25, 0.3) is 6.08 Å². The minimum Gasteiger partial charge on any atom is -0.493 e. The normalized spacial score (nSPS) is 16.5. The van der Waals surface area contributed by atoms with Gasteiger partial charge in [-0.2, -0.15) is 5.26 Å². The number of nitrogens with zero attached hydrogens (tertiary/aromatic N) is 4. The average molecular weight is 625 g/mol. The number of rotatable bonds is 10. The third-order valence-electron chi connectivity index (χ3n) is 7.80. The monoisotopic (exact) mass is 624 g/mol. The summed E-state index contributed by atoms with van der Waals surface area (Å²) >= 11 is 6.81. The molecule has 2 aliphatic heterocycles. The van der Waals surface area contributed by atoms with Crippen LogP contribution in [-0.2, 0) is 27.3 Å². The van der Waals surface area contributed by atoms with Crippen LogP contribution in [0.1, 0.15) is 48.9 Å². The van der Waals surface area contributed by atoms with Crippen molar-refractivity contribution < 1.29 is 23.8 Å². The highest BCUT2D eigenvalue weighted by atomic mass is 32.2. The minimum atomic E-state index is -0.371. The van der Waals surface area contributed by atoms with Gasteiger partial charge in [-0.05, 0) is 69.4 Å². The highest BCUT2D eigenvalue weighted by Gasteiger charge is 2.34. The largest absolute Gasteiger partial charge is 0.493 e. The van der Waals surface area contributed by atoms with Crippen molar-refractivity contribution in [2.75, 3.05) is 45.4 Å². The van der Waals surface area contributed by atoms with Crippen LogP contribution >= 0.6 is 24.0 Å². The molecule has 2 aliphatic rings. The van der Waals surface area contributed by atoms with Gasteiger partial charge >= 0.3 is 5.97 Å². The van der Waals surface area contributed by atoms with E-state index in [1.807, 2.05) is 25.1 Å². The van der Waals surface area contributed by atoms with Gasteiger partial charge in [-0.1, -0.05) is 30.0 Å². The topological polar surface area (TPSA) is 114 Å². The Balaban J connectivity index is 1.65. The molecule has 1 amide bonds. The predicted octanol–water partition coefficient (Wildman–Crippen LogP) is 4.29. The molecule has 0 unspecified atom stereocenters. The summed E-state index contributed by atoms with van der Waals surface area (Å²) in [7, 11) is 3.15. The fourth-order valence-corrected chi connectivity index (χ4v) is 6.76. The molecule has 0 saturated carbocycles. The second kappa shape index (κ2) is 14.1. The fraction of sp³-hybridized carbons (Fsp3) is 0.452. The van der Waals surface area contributed by atoms with Crippen LogP contribution in [0.5, 0.6) is 11.5 Å². The molecule has 0 aliphatic carbocycles. The van der Waals surface area contributed by atoms with E-state index in [-0.39, 0.29) is 28.9 Å². The van der Waals surface area contributed by atoms with Gasteiger partial charge in [-0.25, -0.2) is 0 Å². The first kappa shape index (κ1) is 32.1. The van der Waals surface area contributed by atoms with Crippen molar-refractivity contribution in [2.45, 2.75) is 46.6 Å². The van der Waals surface area contributed by atoms with Gasteiger partial charge in [0.15, 0.2) is 11.5 Å². The molecule has 0 atom stereocenters. The first-order chi connectivity index (χ1) is 20.7. The van der Waals surface area contributed by atoms with Gasteiger partial charge in [-0.3, -0.25) is 23.9 Å². The van der Waals surface area contributed by atoms with E-state index in [2.05, 4.69) is 11.0 Å². The predicted molar refractivity (Wildman–Crippen MR) is 171 cm³/mol. The van der Waals surface area contributed by atoms with E-state index in [0.717, 1.165) is 5.56 Å². The number of hydrogen-bond donors (Lipinski definition) is 0. The zero-order chi connectivity index (χ0) is 31.3. The Hall–Kier alpha value is -3.82. The lowest BCUT2D eigenvalue weighted by atomic mass is 9.95. The molecule has 10 nitrogen and oxygen atoms in total. The van der Waals surface area contributed by atoms with Gasteiger partial charge in [-0.15, -0.1) is 0 Å². The van der Waals surface area contributed by atoms with Crippen LogP contribution in [0.2, 0.25) is 0 Å². The van der Waals surface area contributed by atoms with Gasteiger partial charge in [0, 0.05) is 31.7 Å². The van der Waals surface area contributed by atoms with Gasteiger partial charge < -0.3 is 19.1 Å². The summed E-state index contributed by atoms with van der Waals surface area (Å²) in [6.45, 7) is 7.49. The third kappa shape index (κ3) is 6.58. The molecule has 3 heterocycles. The maximum atomic E-state index is 13.6. The number of carbonyl (C=O) groups is 2. The lowest BCUT2D eigenvalue weighted by molar-refractivity contribution is -0.148. The molecule has 0 N–H and O–H groups in total. The molecule has 0 spiro atoms. The van der Waals surface area contributed by atoms with Crippen LogP contribution in [0.4, 0.5) is 5.82 Å². The number of thiocarbonyl (C=S) groups is 1. The molecule has 4 rings (SSSR count). The molecular weight excluding hydrogens is 588 g/mol. The maximum Gasteiger partial charge on any atom is 0.309 e. The summed E-state index contributed by atoms with van der Waals surface area (Å²) in [5.74, 6) is 1.24. The number of nitriles is 1. The Labute approximate surface area is 261 Å². The quantitative estimate of drug-likeness (QED) is 0.216. The number of amides is 1. The molecule has 2 aromatic rings. The zero-order valence-electron chi connectivity index (χ0n) is 25.1. The highest BCUT2D eigenvalue weighted by molar-refractivity contribution is 8.26. The minimum absolute atomic E-state index is 0.0437. The summed E-state index contributed by atoms with van der Waals surface area (Å²) in [5.41, 5.74) is 1.78. The smallest absolute Gasteiger partial charge is 0.309 e. The molecule has 12 heteroatoms. The molecule has 2 fully saturated rings. The van der Waals surface area contributed by atoms with Crippen molar-refractivity contribution in [3.63, 3.8) is 0 Å². The van der Waals surface area contributed by atoms with Crippen molar-refractivity contribution in [2.24, 2.45) is 5.92 Å². The lowest BCUT2D eigenvalue weighted by Crippen LogP contribution is -2.41. The van der Waals surface area contributed by atoms with Crippen LogP contribution in [0.3, 0.4) is 0 Å². The van der Waals surface area contributed by atoms with Crippen molar-refractivity contribution in [1.82, 2.24) is 9.47 Å².